The van der Waals surface area contributed by atoms with Crippen LogP contribution >= 0.6 is 0 Å². The molecular formula is C14H13N3O2. The number of likely N-dealkylation sites (N-methyl/N-ethyl adjacent to an activating group) is 1. The third-order valence-electron chi connectivity index (χ3n) is 2.81. The molecule has 96 valence electrons. The third kappa shape index (κ3) is 2.63. The number of aromatic nitrogens is 1. The molecule has 2 aromatic rings. The van der Waals surface area contributed by atoms with Gasteiger partial charge in [-0.15, -0.1) is 0 Å². The first-order chi connectivity index (χ1) is 9.01. The molecule has 1 N–H and O–H groups in total. The summed E-state index contributed by atoms with van der Waals surface area (Å²) in [6, 6.07) is 9.55. The van der Waals surface area contributed by atoms with Crippen LogP contribution in [0.1, 0.15) is 11.1 Å². The number of carbonyl (C=O) groups is 1. The molecule has 0 aliphatic heterocycles. The first kappa shape index (κ1) is 12.8. The number of carboxylic acids is 1. The molecule has 0 atom stereocenters. The van der Waals surface area contributed by atoms with Gasteiger partial charge < -0.3 is 10.0 Å². The van der Waals surface area contributed by atoms with Crippen molar-refractivity contribution in [1.29, 1.82) is 5.26 Å². The second-order valence-corrected chi connectivity index (χ2v) is 4.42. The lowest BCUT2D eigenvalue weighted by atomic mass is 10.1. The van der Waals surface area contributed by atoms with Gasteiger partial charge in [-0.2, -0.15) is 5.26 Å². The number of rotatable bonds is 3. The van der Waals surface area contributed by atoms with Gasteiger partial charge in [0.2, 0.25) is 0 Å². The topological polar surface area (TPSA) is 77.2 Å². The maximum Gasteiger partial charge on any atom is 0.323 e. The van der Waals surface area contributed by atoms with Crippen LogP contribution in [0, 0.1) is 18.3 Å². The maximum atomic E-state index is 10.7. The lowest BCUT2D eigenvalue weighted by molar-refractivity contribution is -0.135. The number of carboxylic acid groups (broad SMARTS) is 1. The highest BCUT2D eigenvalue weighted by Crippen LogP contribution is 2.23. The molecule has 2 rings (SSSR count). The molecule has 1 aromatic heterocycles. The van der Waals surface area contributed by atoms with Crippen LogP contribution in [0.25, 0.3) is 10.9 Å². The summed E-state index contributed by atoms with van der Waals surface area (Å²) in [7, 11) is 1.61. The van der Waals surface area contributed by atoms with Gasteiger partial charge in [-0.3, -0.25) is 4.79 Å². The molecule has 0 bridgehead atoms. The minimum Gasteiger partial charge on any atom is -0.480 e. The summed E-state index contributed by atoms with van der Waals surface area (Å²) in [6.07, 6.45) is 0. The fourth-order valence-electron chi connectivity index (χ4n) is 1.92. The number of fused-ring (bicyclic) bond motifs is 1. The highest BCUT2D eigenvalue weighted by atomic mass is 16.4. The Balaban J connectivity index is 2.58. The van der Waals surface area contributed by atoms with Crippen molar-refractivity contribution in [2.24, 2.45) is 0 Å². The number of aliphatic carboxylic acids is 1. The summed E-state index contributed by atoms with van der Waals surface area (Å²) < 4.78 is 0. The van der Waals surface area contributed by atoms with Gasteiger partial charge in [0.15, 0.2) is 0 Å². The predicted octanol–water partition coefficient (Wildman–Crippen LogP) is 1.94. The van der Waals surface area contributed by atoms with Gasteiger partial charge in [0.05, 0.1) is 11.1 Å². The Morgan fingerprint density at radius 2 is 2.21 bits per heavy atom. The summed E-state index contributed by atoms with van der Waals surface area (Å²) in [6.45, 7) is 1.76. The van der Waals surface area contributed by atoms with E-state index in [1.54, 1.807) is 13.1 Å². The first-order valence-electron chi connectivity index (χ1n) is 5.75. The van der Waals surface area contributed by atoms with E-state index in [4.69, 9.17) is 10.4 Å². The van der Waals surface area contributed by atoms with Crippen LogP contribution in [-0.4, -0.2) is 29.7 Å². The zero-order valence-corrected chi connectivity index (χ0v) is 10.7. The van der Waals surface area contributed by atoms with Crippen LogP contribution in [0.5, 0.6) is 0 Å². The fourth-order valence-corrected chi connectivity index (χ4v) is 1.92. The van der Waals surface area contributed by atoms with Gasteiger partial charge in [0.25, 0.3) is 0 Å². The Kier molecular flexibility index (Phi) is 3.34. The van der Waals surface area contributed by atoms with E-state index in [0.29, 0.717) is 11.4 Å². The summed E-state index contributed by atoms with van der Waals surface area (Å²) in [5.74, 6) is -0.569. The van der Waals surface area contributed by atoms with E-state index in [1.165, 1.54) is 4.90 Å². The van der Waals surface area contributed by atoms with Crippen molar-refractivity contribution in [1.82, 2.24) is 4.98 Å². The fraction of sp³-hybridized carbons (Fsp3) is 0.214. The second kappa shape index (κ2) is 4.94. The normalized spacial score (nSPS) is 10.2. The SMILES string of the molecule is Cc1ccc2cc(C#N)c(N(C)CC(=O)O)nc2c1. The van der Waals surface area contributed by atoms with Crippen molar-refractivity contribution >= 4 is 22.7 Å². The van der Waals surface area contributed by atoms with Crippen molar-refractivity contribution in [3.8, 4) is 6.07 Å². The lowest BCUT2D eigenvalue weighted by Gasteiger charge is -2.17. The molecule has 0 saturated carbocycles. The zero-order chi connectivity index (χ0) is 14.0. The number of nitriles is 1. The molecule has 0 amide bonds. The van der Waals surface area contributed by atoms with Crippen molar-refractivity contribution < 1.29 is 9.90 Å². The van der Waals surface area contributed by atoms with Gasteiger partial charge in [0.1, 0.15) is 18.4 Å². The van der Waals surface area contributed by atoms with Crippen LogP contribution < -0.4 is 4.90 Å². The average molecular weight is 255 g/mol. The summed E-state index contributed by atoms with van der Waals surface area (Å²) in [5, 5.41) is 18.8. The quantitative estimate of drug-likeness (QED) is 0.906. The number of hydrogen-bond donors (Lipinski definition) is 1. The standard InChI is InChI=1S/C14H13N3O2/c1-9-3-4-10-6-11(7-15)14(16-12(10)5-9)17(2)8-13(18)19/h3-6H,8H2,1-2H3,(H,18,19). The van der Waals surface area contributed by atoms with E-state index in [9.17, 15) is 4.79 Å². The van der Waals surface area contributed by atoms with E-state index in [0.717, 1.165) is 16.5 Å². The molecule has 0 fully saturated rings. The molecule has 0 radical (unpaired) electrons. The number of anilines is 1. The van der Waals surface area contributed by atoms with Crippen LogP contribution in [0.2, 0.25) is 0 Å². The van der Waals surface area contributed by atoms with Gasteiger partial charge in [-0.05, 0) is 24.6 Å². The van der Waals surface area contributed by atoms with Crippen LogP contribution in [-0.2, 0) is 4.79 Å². The van der Waals surface area contributed by atoms with E-state index >= 15 is 0 Å². The molecule has 5 heteroatoms. The molecular weight excluding hydrogens is 242 g/mol. The van der Waals surface area contributed by atoms with E-state index in [2.05, 4.69) is 11.1 Å². The largest absolute Gasteiger partial charge is 0.480 e. The van der Waals surface area contributed by atoms with Gasteiger partial charge in [-0.1, -0.05) is 12.1 Å². The third-order valence-corrected chi connectivity index (χ3v) is 2.81. The first-order valence-corrected chi connectivity index (χ1v) is 5.75. The lowest BCUT2D eigenvalue weighted by Crippen LogP contribution is -2.26. The number of hydrogen-bond acceptors (Lipinski definition) is 4. The molecule has 19 heavy (non-hydrogen) atoms. The Morgan fingerprint density at radius 3 is 2.84 bits per heavy atom. The Hall–Kier alpha value is -2.61. The molecule has 0 aliphatic rings. The van der Waals surface area contributed by atoms with Crippen molar-refractivity contribution in [3.63, 3.8) is 0 Å². The molecule has 5 nitrogen and oxygen atoms in total. The van der Waals surface area contributed by atoms with Crippen molar-refractivity contribution in [2.45, 2.75) is 6.92 Å². The summed E-state index contributed by atoms with van der Waals surface area (Å²) >= 11 is 0. The smallest absolute Gasteiger partial charge is 0.323 e. The van der Waals surface area contributed by atoms with Crippen LogP contribution in [0.15, 0.2) is 24.3 Å². The van der Waals surface area contributed by atoms with E-state index in [-0.39, 0.29) is 6.54 Å². The van der Waals surface area contributed by atoms with Crippen LogP contribution in [0.3, 0.4) is 0 Å². The molecule has 1 heterocycles. The zero-order valence-electron chi connectivity index (χ0n) is 10.7. The Bertz CT molecular complexity index is 689. The molecule has 0 aliphatic carbocycles. The summed E-state index contributed by atoms with van der Waals surface area (Å²) in [4.78, 5) is 16.6. The molecule has 1 aromatic carbocycles. The Morgan fingerprint density at radius 1 is 1.47 bits per heavy atom. The molecule has 0 unspecified atom stereocenters. The minimum atomic E-state index is -0.961. The van der Waals surface area contributed by atoms with E-state index < -0.39 is 5.97 Å². The van der Waals surface area contributed by atoms with Gasteiger partial charge in [-0.25, -0.2) is 4.98 Å². The maximum absolute atomic E-state index is 10.7. The average Bonchev–Trinajstić information content (AvgIpc) is 2.36. The highest BCUT2D eigenvalue weighted by Gasteiger charge is 2.13. The summed E-state index contributed by atoms with van der Waals surface area (Å²) in [5.41, 5.74) is 2.20. The molecule has 0 saturated heterocycles. The van der Waals surface area contributed by atoms with Gasteiger partial charge in [0, 0.05) is 12.4 Å². The minimum absolute atomic E-state index is 0.195. The number of aryl methyl sites for hydroxylation is 1. The number of nitrogens with zero attached hydrogens (tertiary/aromatic N) is 3. The van der Waals surface area contributed by atoms with Crippen molar-refractivity contribution in [3.05, 3.63) is 35.4 Å². The highest BCUT2D eigenvalue weighted by molar-refractivity contribution is 5.84. The van der Waals surface area contributed by atoms with E-state index in [1.807, 2.05) is 25.1 Å². The second-order valence-electron chi connectivity index (χ2n) is 4.42. The van der Waals surface area contributed by atoms with Crippen molar-refractivity contribution in [2.75, 3.05) is 18.5 Å². The number of pyridine rings is 1. The van der Waals surface area contributed by atoms with Crippen LogP contribution in [0.4, 0.5) is 5.82 Å². The molecule has 0 spiro atoms. The predicted molar refractivity (Wildman–Crippen MR) is 72.1 cm³/mol. The van der Waals surface area contributed by atoms with Gasteiger partial charge >= 0.3 is 5.97 Å². The monoisotopic (exact) mass is 255 g/mol. The number of benzene rings is 1. The Labute approximate surface area is 110 Å².